The minimum absolute atomic E-state index is 0. The zero-order valence-electron chi connectivity index (χ0n) is 13.4. The Morgan fingerprint density at radius 1 is 0.842 bits per heavy atom. The van der Waals surface area contributed by atoms with Crippen molar-refractivity contribution in [3.63, 3.8) is 0 Å². The van der Waals surface area contributed by atoms with E-state index in [2.05, 4.69) is 0 Å². The van der Waals surface area contributed by atoms with Crippen LogP contribution < -0.4 is 88.7 Å². The minimum Gasteiger partial charge on any atom is -1.00 e. The molecule has 0 bridgehead atoms. The predicted octanol–water partition coefficient (Wildman–Crippen LogP) is -9.06. The predicted molar refractivity (Wildman–Crippen MR) is 52.7 cm³/mol. The van der Waals surface area contributed by atoms with E-state index in [4.69, 9.17) is 19.3 Å². The molecule has 4 N–H and O–H groups in total. The summed E-state index contributed by atoms with van der Waals surface area (Å²) in [5.74, 6) is -2.32. The Hall–Kier alpha value is 1.64. The number of hydrogen-bond donors (Lipinski definition) is 4. The van der Waals surface area contributed by atoms with E-state index in [9.17, 15) is 16.8 Å². The van der Waals surface area contributed by atoms with Crippen molar-refractivity contribution in [3.8, 4) is 11.5 Å². The van der Waals surface area contributed by atoms with Crippen LogP contribution in [0.3, 0.4) is 0 Å². The van der Waals surface area contributed by atoms with Crippen molar-refractivity contribution in [2.45, 2.75) is 9.79 Å². The van der Waals surface area contributed by atoms with E-state index >= 15 is 0 Å². The number of phenolic OH excluding ortho intramolecular Hbond substituents is 2. The van der Waals surface area contributed by atoms with Crippen molar-refractivity contribution < 1.29 is 129 Å². The molecule has 0 aliphatic rings. The molecule has 0 atom stereocenters. The standard InChI is InChI=1S/C6H6O8S2.3Na.3H/c7-4-1-3(15(9,10)11)2-5(6(4)8)16(12,13)14;;;;;;/h1-2,7-8H,(H,9,10,11)(H,12,13,14);;;;;;/q;3*+1;3*-1. The van der Waals surface area contributed by atoms with Crippen LogP contribution in [0.2, 0.25) is 0 Å². The SMILES string of the molecule is O=S(=O)(O)c1cc(O)c(O)c(S(=O)(=O)O)c1.[H-].[H-].[H-].[Na+].[Na+].[Na+]. The van der Waals surface area contributed by atoms with Gasteiger partial charge in [0.2, 0.25) is 0 Å². The van der Waals surface area contributed by atoms with Crippen LogP contribution in [-0.2, 0) is 20.2 Å². The maximum Gasteiger partial charge on any atom is 1.00 e. The van der Waals surface area contributed by atoms with Gasteiger partial charge in [0.1, 0.15) is 4.90 Å². The molecule has 1 rings (SSSR count). The first-order valence-electron chi connectivity index (χ1n) is 3.54. The molecule has 0 unspecified atom stereocenters. The van der Waals surface area contributed by atoms with Crippen LogP contribution in [0.5, 0.6) is 11.5 Å². The van der Waals surface area contributed by atoms with E-state index in [1.54, 1.807) is 0 Å². The van der Waals surface area contributed by atoms with Crippen molar-refractivity contribution in [1.29, 1.82) is 0 Å². The smallest absolute Gasteiger partial charge is 1.00 e. The van der Waals surface area contributed by atoms with E-state index in [1.165, 1.54) is 0 Å². The third kappa shape index (κ3) is 6.96. The average Bonchev–Trinajstić information content (AvgIpc) is 2.05. The van der Waals surface area contributed by atoms with Gasteiger partial charge in [-0.1, -0.05) is 0 Å². The van der Waals surface area contributed by atoms with Crippen LogP contribution in [0.4, 0.5) is 0 Å². The second-order valence-electron chi connectivity index (χ2n) is 2.74. The van der Waals surface area contributed by atoms with Gasteiger partial charge in [-0.3, -0.25) is 9.11 Å². The van der Waals surface area contributed by atoms with Crippen LogP contribution in [0.25, 0.3) is 0 Å². The number of benzene rings is 1. The zero-order chi connectivity index (χ0) is 12.7. The topological polar surface area (TPSA) is 149 Å². The molecule has 13 heteroatoms. The van der Waals surface area contributed by atoms with E-state index in [1.807, 2.05) is 0 Å². The van der Waals surface area contributed by atoms with Crippen LogP contribution in [-0.4, -0.2) is 36.2 Å². The van der Waals surface area contributed by atoms with Crippen molar-refractivity contribution >= 4 is 20.2 Å². The van der Waals surface area contributed by atoms with Gasteiger partial charge in [0.25, 0.3) is 20.2 Å². The van der Waals surface area contributed by atoms with Gasteiger partial charge in [0.15, 0.2) is 11.5 Å². The molecular formula is C6H9Na3O8S2. The molecule has 0 fully saturated rings. The molecule has 0 saturated carbocycles. The quantitative estimate of drug-likeness (QED) is 0.235. The molecule has 1 aromatic carbocycles. The van der Waals surface area contributed by atoms with Crippen molar-refractivity contribution in [1.82, 2.24) is 0 Å². The molecule has 0 amide bonds. The number of hydrogen-bond acceptors (Lipinski definition) is 6. The monoisotopic (exact) mass is 342 g/mol. The first kappa shape index (κ1) is 25.6. The summed E-state index contributed by atoms with van der Waals surface area (Å²) < 4.78 is 59.9. The molecular weight excluding hydrogens is 333 g/mol. The maximum absolute atomic E-state index is 10.7. The Kier molecular flexibility index (Phi) is 12.0. The van der Waals surface area contributed by atoms with Crippen LogP contribution in [0, 0.1) is 0 Å². The molecule has 96 valence electrons. The fourth-order valence-electron chi connectivity index (χ4n) is 0.914. The van der Waals surface area contributed by atoms with Crippen LogP contribution in [0.1, 0.15) is 4.28 Å². The number of aromatic hydroxyl groups is 2. The maximum atomic E-state index is 10.7. The fraction of sp³-hybridized carbons (Fsp3) is 0. The Morgan fingerprint density at radius 2 is 1.26 bits per heavy atom. The van der Waals surface area contributed by atoms with E-state index in [0.29, 0.717) is 12.1 Å². The summed E-state index contributed by atoms with van der Waals surface area (Å²) in [7, 11) is -9.70. The number of phenols is 2. The molecule has 8 nitrogen and oxygen atoms in total. The third-order valence-electron chi connectivity index (χ3n) is 1.60. The van der Waals surface area contributed by atoms with Gasteiger partial charge in [-0.05, 0) is 6.07 Å². The summed E-state index contributed by atoms with van der Waals surface area (Å²) >= 11 is 0. The fourth-order valence-corrected chi connectivity index (χ4v) is 2.14. The summed E-state index contributed by atoms with van der Waals surface area (Å²) in [5.41, 5.74) is 0. The molecule has 0 spiro atoms. The van der Waals surface area contributed by atoms with Crippen LogP contribution in [0.15, 0.2) is 21.9 Å². The number of rotatable bonds is 2. The largest absolute Gasteiger partial charge is 1.00 e. The molecule has 0 saturated heterocycles. The van der Waals surface area contributed by atoms with Gasteiger partial charge in [0.05, 0.1) is 4.90 Å². The van der Waals surface area contributed by atoms with Crippen molar-refractivity contribution in [2.24, 2.45) is 0 Å². The zero-order valence-corrected chi connectivity index (χ0v) is 18.0. The van der Waals surface area contributed by atoms with Gasteiger partial charge < -0.3 is 14.5 Å². The van der Waals surface area contributed by atoms with E-state index in [0.717, 1.165) is 0 Å². The summed E-state index contributed by atoms with van der Waals surface area (Å²) in [6, 6.07) is 0.735. The summed E-state index contributed by atoms with van der Waals surface area (Å²) in [6.45, 7) is 0. The second-order valence-corrected chi connectivity index (χ2v) is 5.55. The molecule has 1 aromatic rings. The Balaban J connectivity index is -0.000000107. The van der Waals surface area contributed by atoms with E-state index < -0.39 is 41.5 Å². The summed E-state index contributed by atoms with van der Waals surface area (Å²) in [5, 5.41) is 18.1. The van der Waals surface area contributed by atoms with Crippen LogP contribution >= 0.6 is 0 Å². The average molecular weight is 342 g/mol. The summed E-state index contributed by atoms with van der Waals surface area (Å²) in [6.07, 6.45) is 0. The van der Waals surface area contributed by atoms with Gasteiger partial charge >= 0.3 is 88.7 Å². The second kappa shape index (κ2) is 8.93. The molecule has 19 heavy (non-hydrogen) atoms. The Morgan fingerprint density at radius 3 is 1.58 bits per heavy atom. The minimum atomic E-state index is -4.92. The molecule has 0 radical (unpaired) electrons. The third-order valence-corrected chi connectivity index (χ3v) is 3.30. The summed E-state index contributed by atoms with van der Waals surface area (Å²) in [4.78, 5) is -2.20. The van der Waals surface area contributed by atoms with Gasteiger partial charge in [-0.2, -0.15) is 16.8 Å². The van der Waals surface area contributed by atoms with Crippen molar-refractivity contribution in [3.05, 3.63) is 12.1 Å². The first-order chi connectivity index (χ1) is 7.03. The molecule has 0 heterocycles. The molecule has 0 aliphatic carbocycles. The van der Waals surface area contributed by atoms with Gasteiger partial charge in [-0.25, -0.2) is 0 Å². The molecule has 0 aromatic heterocycles. The van der Waals surface area contributed by atoms with Gasteiger partial charge in [-0.15, -0.1) is 0 Å². The van der Waals surface area contributed by atoms with E-state index in [-0.39, 0.29) is 93.0 Å². The molecule has 0 aliphatic heterocycles. The Labute approximate surface area is 180 Å². The van der Waals surface area contributed by atoms with Crippen molar-refractivity contribution in [2.75, 3.05) is 0 Å². The Bertz CT molecular complexity index is 651. The normalized spacial score (nSPS) is 10.6. The van der Waals surface area contributed by atoms with Gasteiger partial charge in [0, 0.05) is 6.07 Å². The first-order valence-corrected chi connectivity index (χ1v) is 6.42.